The normalized spacial score (nSPS) is 10.9. The molecule has 0 bridgehead atoms. The van der Waals surface area contributed by atoms with Gasteiger partial charge in [0.2, 0.25) is 0 Å². The van der Waals surface area contributed by atoms with E-state index in [-0.39, 0.29) is 0 Å². The topological polar surface area (TPSA) is 64.5 Å². The van der Waals surface area contributed by atoms with Crippen LogP contribution in [0.4, 0.5) is 11.7 Å². The highest BCUT2D eigenvalue weighted by Crippen LogP contribution is 2.25. The van der Waals surface area contributed by atoms with Crippen LogP contribution in [0.1, 0.15) is 6.92 Å². The summed E-state index contributed by atoms with van der Waals surface area (Å²) in [5, 5.41) is 0. The number of benzene rings is 1. The fraction of sp³-hybridized carbons (Fsp3) is 0.417. The molecule has 0 saturated heterocycles. The van der Waals surface area contributed by atoms with Crippen molar-refractivity contribution in [2.24, 2.45) is 0 Å². The Bertz CT molecular complexity index is 495. The molecular weight excluding hydrogens is 218 g/mol. The molecule has 0 atom stereocenters. The van der Waals surface area contributed by atoms with Gasteiger partial charge in [-0.05, 0) is 19.1 Å². The van der Waals surface area contributed by atoms with E-state index in [1.54, 1.807) is 7.11 Å². The largest absolute Gasteiger partial charge is 0.423 e. The zero-order chi connectivity index (χ0) is 12.3. The predicted octanol–water partition coefficient (Wildman–Crippen LogP) is 1.88. The summed E-state index contributed by atoms with van der Waals surface area (Å²) in [6.45, 7) is 4.26. The van der Waals surface area contributed by atoms with Gasteiger partial charge in [-0.2, -0.15) is 4.98 Å². The molecule has 0 aliphatic carbocycles. The van der Waals surface area contributed by atoms with Crippen molar-refractivity contribution in [1.29, 1.82) is 0 Å². The van der Waals surface area contributed by atoms with Crippen molar-refractivity contribution in [2.75, 3.05) is 37.4 Å². The lowest BCUT2D eigenvalue weighted by atomic mass is 10.3. The van der Waals surface area contributed by atoms with E-state index in [0.29, 0.717) is 18.3 Å². The van der Waals surface area contributed by atoms with Gasteiger partial charge in [-0.3, -0.25) is 0 Å². The number of ether oxygens (including phenoxy) is 1. The summed E-state index contributed by atoms with van der Waals surface area (Å²) in [6.07, 6.45) is 0. The molecule has 0 unspecified atom stereocenters. The zero-order valence-corrected chi connectivity index (χ0v) is 10.1. The fourth-order valence-electron chi connectivity index (χ4n) is 1.68. The quantitative estimate of drug-likeness (QED) is 0.802. The lowest BCUT2D eigenvalue weighted by Gasteiger charge is -2.17. The zero-order valence-electron chi connectivity index (χ0n) is 10.1. The molecule has 0 aliphatic rings. The third-order valence-electron chi connectivity index (χ3n) is 2.66. The van der Waals surface area contributed by atoms with Crippen LogP contribution in [0.15, 0.2) is 22.6 Å². The van der Waals surface area contributed by atoms with Crippen LogP contribution >= 0.6 is 0 Å². The number of rotatable bonds is 5. The number of para-hydroxylation sites is 1. The minimum atomic E-state index is 0.595. The average Bonchev–Trinajstić information content (AvgIpc) is 2.75. The van der Waals surface area contributed by atoms with E-state index in [9.17, 15) is 0 Å². The van der Waals surface area contributed by atoms with Gasteiger partial charge in [-0.1, -0.05) is 6.07 Å². The first-order valence-electron chi connectivity index (χ1n) is 5.65. The molecule has 0 saturated carbocycles. The maximum atomic E-state index is 5.85. The highest BCUT2D eigenvalue weighted by molar-refractivity contribution is 5.86. The van der Waals surface area contributed by atoms with Crippen molar-refractivity contribution in [3.63, 3.8) is 0 Å². The van der Waals surface area contributed by atoms with Crippen molar-refractivity contribution in [3.05, 3.63) is 18.2 Å². The number of nitrogens with two attached hydrogens (primary N) is 1. The number of fused-ring (bicyclic) bond motifs is 1. The average molecular weight is 235 g/mol. The van der Waals surface area contributed by atoms with Gasteiger partial charge in [0.05, 0.1) is 12.3 Å². The molecule has 5 nitrogen and oxygen atoms in total. The Morgan fingerprint density at radius 1 is 1.47 bits per heavy atom. The maximum Gasteiger partial charge on any atom is 0.298 e. The smallest absolute Gasteiger partial charge is 0.298 e. The number of methoxy groups -OCH3 is 1. The molecule has 1 aromatic carbocycles. The second kappa shape index (κ2) is 5.05. The molecule has 0 spiro atoms. The van der Waals surface area contributed by atoms with Crippen molar-refractivity contribution < 1.29 is 9.15 Å². The summed E-state index contributed by atoms with van der Waals surface area (Å²) in [4.78, 5) is 6.43. The van der Waals surface area contributed by atoms with Crippen LogP contribution in [0.3, 0.4) is 0 Å². The summed E-state index contributed by atoms with van der Waals surface area (Å²) < 4.78 is 10.7. The summed E-state index contributed by atoms with van der Waals surface area (Å²) in [6, 6.07) is 6.14. The highest BCUT2D eigenvalue weighted by Gasteiger charge is 2.13. The minimum Gasteiger partial charge on any atom is -0.423 e. The highest BCUT2D eigenvalue weighted by atomic mass is 16.5. The monoisotopic (exact) mass is 235 g/mol. The summed E-state index contributed by atoms with van der Waals surface area (Å²) in [7, 11) is 1.68. The molecule has 17 heavy (non-hydrogen) atoms. The van der Waals surface area contributed by atoms with Gasteiger partial charge in [-0.15, -0.1) is 0 Å². The van der Waals surface area contributed by atoms with Gasteiger partial charge in [0.25, 0.3) is 6.01 Å². The molecule has 2 rings (SSSR count). The number of hydrogen-bond acceptors (Lipinski definition) is 5. The number of aromatic nitrogens is 1. The van der Waals surface area contributed by atoms with Gasteiger partial charge in [0.1, 0.15) is 5.52 Å². The Morgan fingerprint density at radius 3 is 2.94 bits per heavy atom. The third kappa shape index (κ3) is 2.34. The number of oxazole rings is 1. The van der Waals surface area contributed by atoms with Crippen LogP contribution in [-0.2, 0) is 4.74 Å². The summed E-state index contributed by atoms with van der Waals surface area (Å²) in [5.41, 5.74) is 7.92. The predicted molar refractivity (Wildman–Crippen MR) is 68.2 cm³/mol. The molecule has 1 aromatic heterocycles. The third-order valence-corrected chi connectivity index (χ3v) is 2.66. The Labute approximate surface area is 100 Å². The molecule has 5 heteroatoms. The second-order valence-corrected chi connectivity index (χ2v) is 3.76. The van der Waals surface area contributed by atoms with Crippen LogP contribution in [0, 0.1) is 0 Å². The van der Waals surface area contributed by atoms with E-state index < -0.39 is 0 Å². The lowest BCUT2D eigenvalue weighted by Crippen LogP contribution is -2.26. The van der Waals surface area contributed by atoms with E-state index in [4.69, 9.17) is 14.9 Å². The Hall–Kier alpha value is -1.75. The molecule has 92 valence electrons. The molecule has 0 fully saturated rings. The number of nitrogen functional groups attached to an aromatic ring is 1. The summed E-state index contributed by atoms with van der Waals surface area (Å²) >= 11 is 0. The van der Waals surface area contributed by atoms with Crippen molar-refractivity contribution in [3.8, 4) is 0 Å². The van der Waals surface area contributed by atoms with Crippen molar-refractivity contribution >= 4 is 22.8 Å². The molecular formula is C12H17N3O2. The van der Waals surface area contributed by atoms with Gasteiger partial charge in [-0.25, -0.2) is 0 Å². The number of likely N-dealkylation sites (N-methyl/N-ethyl adjacent to an activating group) is 1. The molecule has 1 heterocycles. The molecule has 0 aliphatic heterocycles. The number of hydrogen-bond donors (Lipinski definition) is 1. The first-order valence-corrected chi connectivity index (χ1v) is 5.65. The van der Waals surface area contributed by atoms with Crippen molar-refractivity contribution in [2.45, 2.75) is 6.92 Å². The Balaban J connectivity index is 2.31. The van der Waals surface area contributed by atoms with Gasteiger partial charge < -0.3 is 19.8 Å². The minimum absolute atomic E-state index is 0.595. The first kappa shape index (κ1) is 11.7. The van der Waals surface area contributed by atoms with Crippen LogP contribution in [0.2, 0.25) is 0 Å². The fourth-order valence-corrected chi connectivity index (χ4v) is 1.68. The maximum absolute atomic E-state index is 5.85. The van der Waals surface area contributed by atoms with E-state index in [0.717, 1.165) is 24.2 Å². The number of nitrogens with zero attached hydrogens (tertiary/aromatic N) is 2. The van der Waals surface area contributed by atoms with Gasteiger partial charge in [0.15, 0.2) is 5.58 Å². The van der Waals surface area contributed by atoms with E-state index in [1.165, 1.54) is 0 Å². The number of anilines is 2. The van der Waals surface area contributed by atoms with E-state index in [1.807, 2.05) is 30.0 Å². The lowest BCUT2D eigenvalue weighted by molar-refractivity contribution is 0.204. The van der Waals surface area contributed by atoms with Crippen LogP contribution in [0.5, 0.6) is 0 Å². The van der Waals surface area contributed by atoms with Crippen LogP contribution in [-0.4, -0.2) is 31.8 Å². The Kier molecular flexibility index (Phi) is 3.49. The Morgan fingerprint density at radius 2 is 2.29 bits per heavy atom. The van der Waals surface area contributed by atoms with Gasteiger partial charge >= 0.3 is 0 Å². The molecule has 2 N–H and O–H groups in total. The molecule has 0 radical (unpaired) electrons. The standard InChI is InChI=1S/C12H17N3O2/c1-3-15(7-8-16-2)12-14-11-9(13)5-4-6-10(11)17-12/h4-6H,3,7-8,13H2,1-2H3. The SMILES string of the molecule is CCN(CCOC)c1nc2c(N)cccc2o1. The van der Waals surface area contributed by atoms with Crippen LogP contribution < -0.4 is 10.6 Å². The molecule has 2 aromatic rings. The second-order valence-electron chi connectivity index (χ2n) is 3.76. The first-order chi connectivity index (χ1) is 8.26. The van der Waals surface area contributed by atoms with E-state index >= 15 is 0 Å². The summed E-state index contributed by atoms with van der Waals surface area (Å²) in [5.74, 6) is 0. The van der Waals surface area contributed by atoms with Crippen LogP contribution in [0.25, 0.3) is 11.1 Å². The van der Waals surface area contributed by atoms with Crippen molar-refractivity contribution in [1.82, 2.24) is 4.98 Å². The van der Waals surface area contributed by atoms with E-state index in [2.05, 4.69) is 4.98 Å². The molecule has 0 amide bonds. The van der Waals surface area contributed by atoms with Gasteiger partial charge in [0, 0.05) is 20.2 Å².